The standard InChI is InChI=1S/C15H9N3O/c16-9-11-7-4-8-12-13(11)15(19)18-17-14(12)10-5-2-1-3-6-10/h1-8H,(H,18,19). The van der Waals surface area contributed by atoms with Gasteiger partial charge in [0.2, 0.25) is 0 Å². The van der Waals surface area contributed by atoms with Crippen molar-refractivity contribution >= 4 is 10.8 Å². The number of hydrogen-bond donors (Lipinski definition) is 1. The molecule has 0 aliphatic carbocycles. The second kappa shape index (κ2) is 4.39. The van der Waals surface area contributed by atoms with Crippen molar-refractivity contribution in [1.29, 1.82) is 5.26 Å². The molecule has 3 rings (SSSR count). The molecule has 4 heteroatoms. The number of nitrogens with one attached hydrogen (secondary N) is 1. The third-order valence-corrected chi connectivity index (χ3v) is 2.98. The number of fused-ring (bicyclic) bond motifs is 1. The Morgan fingerprint density at radius 2 is 1.84 bits per heavy atom. The van der Waals surface area contributed by atoms with E-state index < -0.39 is 0 Å². The first kappa shape index (κ1) is 11.2. The Labute approximate surface area is 108 Å². The van der Waals surface area contributed by atoms with Crippen molar-refractivity contribution in [3.63, 3.8) is 0 Å². The van der Waals surface area contributed by atoms with Gasteiger partial charge in [0.1, 0.15) is 0 Å². The average molecular weight is 247 g/mol. The zero-order valence-electron chi connectivity index (χ0n) is 9.92. The summed E-state index contributed by atoms with van der Waals surface area (Å²) in [6.07, 6.45) is 0. The molecule has 19 heavy (non-hydrogen) atoms. The molecule has 0 atom stereocenters. The summed E-state index contributed by atoms with van der Waals surface area (Å²) in [5, 5.41) is 16.7. The molecule has 0 saturated heterocycles. The molecule has 4 nitrogen and oxygen atoms in total. The summed E-state index contributed by atoms with van der Waals surface area (Å²) in [4.78, 5) is 11.9. The van der Waals surface area contributed by atoms with Gasteiger partial charge in [-0.2, -0.15) is 10.4 Å². The number of benzene rings is 2. The van der Waals surface area contributed by atoms with Crippen LogP contribution in [0, 0.1) is 11.3 Å². The zero-order chi connectivity index (χ0) is 13.2. The topological polar surface area (TPSA) is 69.5 Å². The Balaban J connectivity index is 2.45. The maximum absolute atomic E-state index is 11.9. The molecule has 0 spiro atoms. The summed E-state index contributed by atoms with van der Waals surface area (Å²) in [5.41, 5.74) is 1.59. The van der Waals surface area contributed by atoms with Gasteiger partial charge < -0.3 is 0 Å². The van der Waals surface area contributed by atoms with Crippen molar-refractivity contribution in [2.75, 3.05) is 0 Å². The van der Waals surface area contributed by atoms with Gasteiger partial charge in [0, 0.05) is 10.9 Å². The van der Waals surface area contributed by atoms with Crippen LogP contribution >= 0.6 is 0 Å². The van der Waals surface area contributed by atoms with Gasteiger partial charge in [0.25, 0.3) is 5.56 Å². The van der Waals surface area contributed by atoms with Gasteiger partial charge >= 0.3 is 0 Å². The van der Waals surface area contributed by atoms with E-state index in [1.165, 1.54) is 0 Å². The number of H-pyrrole nitrogens is 1. The lowest BCUT2D eigenvalue weighted by atomic mass is 10.0. The van der Waals surface area contributed by atoms with Crippen LogP contribution in [0.4, 0.5) is 0 Å². The van der Waals surface area contributed by atoms with E-state index in [9.17, 15) is 4.79 Å². The molecule has 0 fully saturated rings. The fraction of sp³-hybridized carbons (Fsp3) is 0. The van der Waals surface area contributed by atoms with Crippen LogP contribution in [0.25, 0.3) is 22.0 Å². The molecule has 0 radical (unpaired) electrons. The summed E-state index contributed by atoms with van der Waals surface area (Å²) in [7, 11) is 0. The number of rotatable bonds is 1. The normalized spacial score (nSPS) is 10.3. The Morgan fingerprint density at radius 3 is 2.58 bits per heavy atom. The van der Waals surface area contributed by atoms with Gasteiger partial charge in [0.15, 0.2) is 0 Å². The van der Waals surface area contributed by atoms with E-state index in [2.05, 4.69) is 10.2 Å². The van der Waals surface area contributed by atoms with Crippen LogP contribution in [0.2, 0.25) is 0 Å². The van der Waals surface area contributed by atoms with Crippen LogP contribution in [0.15, 0.2) is 53.3 Å². The molecule has 1 heterocycles. The summed E-state index contributed by atoms with van der Waals surface area (Å²) >= 11 is 0. The minimum atomic E-state index is -0.341. The Morgan fingerprint density at radius 1 is 1.05 bits per heavy atom. The highest BCUT2D eigenvalue weighted by atomic mass is 16.1. The van der Waals surface area contributed by atoms with Crippen LogP contribution in [0.3, 0.4) is 0 Å². The fourth-order valence-corrected chi connectivity index (χ4v) is 2.13. The molecule has 0 saturated carbocycles. The number of nitrogens with zero attached hydrogens (tertiary/aromatic N) is 2. The monoisotopic (exact) mass is 247 g/mol. The summed E-state index contributed by atoms with van der Waals surface area (Å²) < 4.78 is 0. The third-order valence-electron chi connectivity index (χ3n) is 2.98. The second-order valence-corrected chi connectivity index (χ2v) is 4.11. The van der Waals surface area contributed by atoms with Gasteiger partial charge in [-0.3, -0.25) is 4.79 Å². The average Bonchev–Trinajstić information content (AvgIpc) is 2.48. The Hall–Kier alpha value is -2.93. The van der Waals surface area contributed by atoms with E-state index in [0.717, 1.165) is 5.56 Å². The van der Waals surface area contributed by atoms with Gasteiger partial charge in [-0.05, 0) is 6.07 Å². The molecule has 0 aliphatic heterocycles. The zero-order valence-corrected chi connectivity index (χ0v) is 9.92. The van der Waals surface area contributed by atoms with E-state index in [1.54, 1.807) is 18.2 Å². The summed E-state index contributed by atoms with van der Waals surface area (Å²) in [5.74, 6) is 0. The van der Waals surface area contributed by atoms with Crippen LogP contribution in [-0.4, -0.2) is 10.2 Å². The molecule has 0 bridgehead atoms. The van der Waals surface area contributed by atoms with Crippen molar-refractivity contribution < 1.29 is 0 Å². The second-order valence-electron chi connectivity index (χ2n) is 4.11. The predicted molar refractivity (Wildman–Crippen MR) is 72.5 cm³/mol. The first-order chi connectivity index (χ1) is 9.31. The molecule has 90 valence electrons. The first-order valence-corrected chi connectivity index (χ1v) is 5.78. The SMILES string of the molecule is N#Cc1cccc2c(-c3ccccc3)n[nH]c(=O)c12. The number of hydrogen-bond acceptors (Lipinski definition) is 3. The van der Waals surface area contributed by atoms with E-state index in [0.29, 0.717) is 22.0 Å². The molecule has 0 amide bonds. The number of aromatic nitrogens is 2. The number of nitriles is 1. The van der Waals surface area contributed by atoms with Crippen molar-refractivity contribution in [3.8, 4) is 17.3 Å². The molecule has 1 aromatic heterocycles. The molecule has 3 aromatic rings. The minimum Gasteiger partial charge on any atom is -0.267 e. The van der Waals surface area contributed by atoms with Gasteiger partial charge in [-0.15, -0.1) is 0 Å². The van der Waals surface area contributed by atoms with Crippen LogP contribution in [0.5, 0.6) is 0 Å². The highest BCUT2D eigenvalue weighted by Crippen LogP contribution is 2.25. The highest BCUT2D eigenvalue weighted by molar-refractivity contribution is 5.96. The van der Waals surface area contributed by atoms with Crippen LogP contribution in [0.1, 0.15) is 5.56 Å². The highest BCUT2D eigenvalue weighted by Gasteiger charge is 2.11. The fourth-order valence-electron chi connectivity index (χ4n) is 2.13. The summed E-state index contributed by atoms with van der Waals surface area (Å²) in [6.45, 7) is 0. The quantitative estimate of drug-likeness (QED) is 0.718. The minimum absolute atomic E-state index is 0.341. The third kappa shape index (κ3) is 1.78. The van der Waals surface area contributed by atoms with Gasteiger partial charge in [-0.25, -0.2) is 5.10 Å². The van der Waals surface area contributed by atoms with Crippen molar-refractivity contribution in [2.24, 2.45) is 0 Å². The Kier molecular flexibility index (Phi) is 2.58. The van der Waals surface area contributed by atoms with Crippen LogP contribution < -0.4 is 5.56 Å². The lowest BCUT2D eigenvalue weighted by Gasteiger charge is -2.05. The molecule has 0 unspecified atom stereocenters. The largest absolute Gasteiger partial charge is 0.273 e. The first-order valence-electron chi connectivity index (χ1n) is 5.78. The van der Waals surface area contributed by atoms with Gasteiger partial charge in [-0.1, -0.05) is 42.5 Å². The predicted octanol–water partition coefficient (Wildman–Crippen LogP) is 2.46. The maximum atomic E-state index is 11.9. The van der Waals surface area contributed by atoms with E-state index in [-0.39, 0.29) is 5.56 Å². The lowest BCUT2D eigenvalue weighted by Crippen LogP contribution is -2.10. The van der Waals surface area contributed by atoms with Gasteiger partial charge in [0.05, 0.1) is 22.7 Å². The smallest absolute Gasteiger partial charge is 0.267 e. The Bertz CT molecular complexity index is 845. The lowest BCUT2D eigenvalue weighted by molar-refractivity contribution is 1.02. The van der Waals surface area contributed by atoms with Crippen molar-refractivity contribution in [1.82, 2.24) is 10.2 Å². The van der Waals surface area contributed by atoms with E-state index >= 15 is 0 Å². The maximum Gasteiger partial charge on any atom is 0.273 e. The molecular formula is C15H9N3O. The number of aromatic amines is 1. The molecule has 0 aliphatic rings. The van der Waals surface area contributed by atoms with Crippen molar-refractivity contribution in [2.45, 2.75) is 0 Å². The van der Waals surface area contributed by atoms with Crippen molar-refractivity contribution in [3.05, 3.63) is 64.4 Å². The van der Waals surface area contributed by atoms with E-state index in [4.69, 9.17) is 5.26 Å². The molecule has 1 N–H and O–H groups in total. The molecule has 2 aromatic carbocycles. The van der Waals surface area contributed by atoms with E-state index in [1.807, 2.05) is 36.4 Å². The van der Waals surface area contributed by atoms with Crippen LogP contribution in [-0.2, 0) is 0 Å². The summed E-state index contributed by atoms with van der Waals surface area (Å²) in [6, 6.07) is 16.8. The molecular weight excluding hydrogens is 238 g/mol.